The fraction of sp³-hybridized carbons (Fsp3) is 0.385. The highest BCUT2D eigenvalue weighted by molar-refractivity contribution is 5.95. The van der Waals surface area contributed by atoms with E-state index in [1.54, 1.807) is 18.3 Å². The average molecular weight is 433 g/mol. The number of carbonyl (C=O) groups is 1. The molecular formula is C26H29FN4O. The highest BCUT2D eigenvalue weighted by Crippen LogP contribution is 2.33. The minimum atomic E-state index is -0.249. The molecule has 166 valence electrons. The van der Waals surface area contributed by atoms with Gasteiger partial charge in [0.15, 0.2) is 0 Å². The number of aromatic amines is 1. The molecule has 0 unspecified atom stereocenters. The Morgan fingerprint density at radius 1 is 1.03 bits per heavy atom. The number of aromatic nitrogens is 2. The molecule has 0 saturated carbocycles. The van der Waals surface area contributed by atoms with Gasteiger partial charge in [-0.2, -0.15) is 5.10 Å². The molecule has 2 saturated heterocycles. The number of nitrogens with one attached hydrogen (secondary N) is 1. The Hall–Kier alpha value is -2.99. The number of nitrogens with zero attached hydrogens (tertiary/aromatic N) is 3. The third-order valence-corrected chi connectivity index (χ3v) is 6.78. The van der Waals surface area contributed by atoms with Gasteiger partial charge in [0.1, 0.15) is 5.82 Å². The summed E-state index contributed by atoms with van der Waals surface area (Å²) in [5.74, 6) is 0.0502. The Morgan fingerprint density at radius 2 is 1.81 bits per heavy atom. The van der Waals surface area contributed by atoms with Gasteiger partial charge in [0, 0.05) is 42.4 Å². The van der Waals surface area contributed by atoms with Gasteiger partial charge in [-0.3, -0.25) is 14.8 Å². The molecule has 5 rings (SSSR count). The molecule has 1 N–H and O–H groups in total. The second-order valence-electron chi connectivity index (χ2n) is 8.93. The monoisotopic (exact) mass is 432 g/mol. The molecule has 0 aliphatic carbocycles. The maximum Gasteiger partial charge on any atom is 0.254 e. The topological polar surface area (TPSA) is 52.2 Å². The Morgan fingerprint density at radius 3 is 2.62 bits per heavy atom. The Labute approximate surface area is 188 Å². The van der Waals surface area contributed by atoms with Gasteiger partial charge in [-0.1, -0.05) is 30.3 Å². The van der Waals surface area contributed by atoms with Crippen molar-refractivity contribution in [3.63, 3.8) is 0 Å². The zero-order chi connectivity index (χ0) is 21.9. The first kappa shape index (κ1) is 20.9. The largest absolute Gasteiger partial charge is 0.338 e. The van der Waals surface area contributed by atoms with Crippen LogP contribution in [0.4, 0.5) is 4.39 Å². The lowest BCUT2D eigenvalue weighted by Crippen LogP contribution is -2.40. The number of carbonyl (C=O) groups excluding carboxylic acids is 1. The van der Waals surface area contributed by atoms with Gasteiger partial charge in [-0.25, -0.2) is 4.39 Å². The van der Waals surface area contributed by atoms with Crippen molar-refractivity contribution in [1.29, 1.82) is 0 Å². The second kappa shape index (κ2) is 9.25. The van der Waals surface area contributed by atoms with E-state index in [1.165, 1.54) is 25.0 Å². The summed E-state index contributed by atoms with van der Waals surface area (Å²) in [6.45, 7) is 4.50. The van der Waals surface area contributed by atoms with Crippen molar-refractivity contribution in [2.24, 2.45) is 0 Å². The average Bonchev–Trinajstić information content (AvgIpc) is 3.52. The number of hydrogen-bond donors (Lipinski definition) is 1. The number of amides is 1. The van der Waals surface area contributed by atoms with E-state index in [2.05, 4.69) is 21.2 Å². The molecular weight excluding hydrogens is 403 g/mol. The van der Waals surface area contributed by atoms with Gasteiger partial charge in [-0.05, 0) is 68.1 Å². The van der Waals surface area contributed by atoms with Gasteiger partial charge < -0.3 is 4.90 Å². The maximum absolute atomic E-state index is 13.5. The molecule has 0 spiro atoms. The number of hydrogen-bond acceptors (Lipinski definition) is 3. The number of rotatable bonds is 5. The number of H-pyrrole nitrogens is 1. The van der Waals surface area contributed by atoms with Gasteiger partial charge in [0.2, 0.25) is 0 Å². The van der Waals surface area contributed by atoms with E-state index >= 15 is 0 Å². The number of halogens is 1. The summed E-state index contributed by atoms with van der Waals surface area (Å²) in [6.07, 6.45) is 6.23. The summed E-state index contributed by atoms with van der Waals surface area (Å²) in [5, 5.41) is 7.43. The summed E-state index contributed by atoms with van der Waals surface area (Å²) in [6, 6.07) is 14.6. The predicted molar refractivity (Wildman–Crippen MR) is 123 cm³/mol. The molecule has 6 heteroatoms. The van der Waals surface area contributed by atoms with Crippen LogP contribution in [0.2, 0.25) is 0 Å². The fourth-order valence-electron chi connectivity index (χ4n) is 5.08. The molecule has 1 amide bonds. The van der Waals surface area contributed by atoms with Crippen LogP contribution in [0.5, 0.6) is 0 Å². The summed E-state index contributed by atoms with van der Waals surface area (Å²) >= 11 is 0. The van der Waals surface area contributed by atoms with Crippen molar-refractivity contribution < 1.29 is 9.18 Å². The van der Waals surface area contributed by atoms with Crippen molar-refractivity contribution in [3.8, 4) is 11.1 Å². The summed E-state index contributed by atoms with van der Waals surface area (Å²) < 4.78 is 13.4. The molecule has 2 aromatic carbocycles. The number of likely N-dealkylation sites (tertiary alicyclic amines) is 2. The standard InChI is InChI=1S/C26H29FN4O/c27-22-11-9-19(10-12-22)24-16-28-29-25(24)21-7-5-15-31(18-21)26(32)23-8-2-1-6-20(23)17-30-13-3-4-14-30/h1-2,6,8-12,16,21H,3-5,7,13-15,17-18H2,(H,28,29)/t21-/m0/s1. The van der Waals surface area contributed by atoms with Crippen LogP contribution in [0, 0.1) is 5.82 Å². The zero-order valence-corrected chi connectivity index (χ0v) is 18.3. The lowest BCUT2D eigenvalue weighted by molar-refractivity contribution is 0.0704. The van der Waals surface area contributed by atoms with Crippen LogP contribution in [-0.2, 0) is 6.54 Å². The summed E-state index contributed by atoms with van der Waals surface area (Å²) in [7, 11) is 0. The SMILES string of the molecule is O=C(c1ccccc1CN1CCCC1)N1CCC[C@H](c2[nH]ncc2-c2ccc(F)cc2)C1. The van der Waals surface area contributed by atoms with Crippen LogP contribution in [0.3, 0.4) is 0 Å². The highest BCUT2D eigenvalue weighted by Gasteiger charge is 2.29. The molecule has 0 radical (unpaired) electrons. The lowest BCUT2D eigenvalue weighted by atomic mass is 9.90. The quantitative estimate of drug-likeness (QED) is 0.628. The first-order valence-corrected chi connectivity index (χ1v) is 11.6. The van der Waals surface area contributed by atoms with Crippen molar-refractivity contribution in [1.82, 2.24) is 20.0 Å². The molecule has 32 heavy (non-hydrogen) atoms. The van der Waals surface area contributed by atoms with Crippen LogP contribution >= 0.6 is 0 Å². The maximum atomic E-state index is 13.5. The van der Waals surface area contributed by atoms with E-state index < -0.39 is 0 Å². The minimum Gasteiger partial charge on any atom is -0.338 e. The first-order chi connectivity index (χ1) is 15.7. The van der Waals surface area contributed by atoms with Crippen molar-refractivity contribution >= 4 is 5.91 Å². The van der Waals surface area contributed by atoms with Crippen LogP contribution in [0.25, 0.3) is 11.1 Å². The second-order valence-corrected chi connectivity index (χ2v) is 8.93. The lowest BCUT2D eigenvalue weighted by Gasteiger charge is -2.33. The van der Waals surface area contributed by atoms with Crippen molar-refractivity contribution in [2.45, 2.75) is 38.1 Å². The van der Waals surface area contributed by atoms with Crippen LogP contribution in [-0.4, -0.2) is 52.1 Å². The van der Waals surface area contributed by atoms with E-state index in [0.29, 0.717) is 6.54 Å². The Bertz CT molecular complexity index is 1070. The smallest absolute Gasteiger partial charge is 0.254 e. The van der Waals surface area contributed by atoms with E-state index in [9.17, 15) is 9.18 Å². The van der Waals surface area contributed by atoms with Gasteiger partial charge in [0.05, 0.1) is 6.20 Å². The molecule has 3 heterocycles. The zero-order valence-electron chi connectivity index (χ0n) is 18.3. The van der Waals surface area contributed by atoms with E-state index in [-0.39, 0.29) is 17.6 Å². The third kappa shape index (κ3) is 4.32. The highest BCUT2D eigenvalue weighted by atomic mass is 19.1. The molecule has 2 aliphatic heterocycles. The third-order valence-electron chi connectivity index (χ3n) is 6.78. The molecule has 1 atom stereocenters. The molecule has 3 aromatic rings. The van der Waals surface area contributed by atoms with Gasteiger partial charge >= 0.3 is 0 Å². The summed E-state index contributed by atoms with van der Waals surface area (Å²) in [5.41, 5.74) is 4.89. The van der Waals surface area contributed by atoms with Gasteiger partial charge in [0.25, 0.3) is 5.91 Å². The summed E-state index contributed by atoms with van der Waals surface area (Å²) in [4.78, 5) is 18.0. The van der Waals surface area contributed by atoms with Crippen LogP contribution in [0.15, 0.2) is 54.7 Å². The van der Waals surface area contributed by atoms with Crippen molar-refractivity contribution in [2.75, 3.05) is 26.2 Å². The van der Waals surface area contributed by atoms with E-state index in [1.807, 2.05) is 23.1 Å². The first-order valence-electron chi connectivity index (χ1n) is 11.6. The predicted octanol–water partition coefficient (Wildman–Crippen LogP) is 4.83. The molecule has 0 bridgehead atoms. The van der Waals surface area contributed by atoms with Crippen LogP contribution < -0.4 is 0 Å². The van der Waals surface area contributed by atoms with Gasteiger partial charge in [-0.15, -0.1) is 0 Å². The van der Waals surface area contributed by atoms with E-state index in [4.69, 9.17) is 0 Å². The Balaban J connectivity index is 1.35. The van der Waals surface area contributed by atoms with Crippen molar-refractivity contribution in [3.05, 3.63) is 77.4 Å². The number of benzene rings is 2. The molecule has 2 fully saturated rings. The minimum absolute atomic E-state index is 0.118. The molecule has 5 nitrogen and oxygen atoms in total. The molecule has 1 aromatic heterocycles. The normalized spacial score (nSPS) is 19.4. The van der Waals surface area contributed by atoms with E-state index in [0.717, 1.165) is 67.0 Å². The van der Waals surface area contributed by atoms with Crippen LogP contribution in [0.1, 0.15) is 53.2 Å². The molecule has 2 aliphatic rings. The fourth-order valence-corrected chi connectivity index (χ4v) is 5.08. The Kier molecular flexibility index (Phi) is 6.04. The number of piperidine rings is 1.